The summed E-state index contributed by atoms with van der Waals surface area (Å²) in [4.78, 5) is 26.6. The molecule has 1 saturated heterocycles. The van der Waals surface area contributed by atoms with Crippen LogP contribution in [-0.4, -0.2) is 41.8 Å². The van der Waals surface area contributed by atoms with E-state index in [-0.39, 0.29) is 30.1 Å². The zero-order valence-electron chi connectivity index (χ0n) is 16.1. The van der Waals surface area contributed by atoms with Crippen LogP contribution in [0.25, 0.3) is 0 Å². The smallest absolute Gasteiger partial charge is 0.410 e. The van der Waals surface area contributed by atoms with Crippen LogP contribution in [0.3, 0.4) is 0 Å². The summed E-state index contributed by atoms with van der Waals surface area (Å²) in [7, 11) is 1.43. The van der Waals surface area contributed by atoms with Crippen molar-refractivity contribution in [3.05, 3.63) is 35.9 Å². The highest BCUT2D eigenvalue weighted by Crippen LogP contribution is 2.51. The molecule has 3 rings (SSSR count). The first kappa shape index (κ1) is 18.7. The Morgan fingerprint density at radius 1 is 1.15 bits per heavy atom. The Balaban J connectivity index is 1.78. The molecule has 1 aromatic carbocycles. The van der Waals surface area contributed by atoms with Crippen LogP contribution in [0.2, 0.25) is 0 Å². The molecule has 5 nitrogen and oxygen atoms in total. The van der Waals surface area contributed by atoms with Gasteiger partial charge in [-0.2, -0.15) is 0 Å². The molecule has 1 aliphatic heterocycles. The lowest BCUT2D eigenvalue weighted by molar-refractivity contribution is -0.142. The first-order chi connectivity index (χ1) is 12.3. The molecule has 4 atom stereocenters. The van der Waals surface area contributed by atoms with Gasteiger partial charge < -0.3 is 14.4 Å². The predicted octanol–water partition coefficient (Wildman–Crippen LogP) is 3.81. The highest BCUT2D eigenvalue weighted by molar-refractivity contribution is 5.71. The standard InChI is InChI=1S/C21H29NO4/c1-21(2,3)26-20(24)22-16(10-14-8-6-5-7-9-14)11-15(12-19(23)25-4)17-13-18(17)22/h5-9,15-18H,10-13H2,1-4H3/t15-,16-,17+,18+/m0/s1. The monoisotopic (exact) mass is 359 g/mol. The highest BCUT2D eigenvalue weighted by atomic mass is 16.6. The summed E-state index contributed by atoms with van der Waals surface area (Å²) in [6.45, 7) is 5.68. The molecule has 1 aromatic rings. The number of benzene rings is 1. The molecule has 1 heterocycles. The Labute approximate surface area is 155 Å². The second-order valence-corrected chi connectivity index (χ2v) is 8.47. The van der Waals surface area contributed by atoms with Crippen LogP contribution in [0.1, 0.15) is 45.6 Å². The van der Waals surface area contributed by atoms with E-state index >= 15 is 0 Å². The number of hydrogen-bond acceptors (Lipinski definition) is 4. The number of carbonyl (C=O) groups is 2. The summed E-state index contributed by atoms with van der Waals surface area (Å²) in [6.07, 6.45) is 2.74. The van der Waals surface area contributed by atoms with Gasteiger partial charge >= 0.3 is 12.1 Å². The molecule has 0 N–H and O–H groups in total. The fraction of sp³-hybridized carbons (Fsp3) is 0.619. The number of esters is 1. The SMILES string of the molecule is COC(=O)C[C@@H]1C[C@H](Cc2ccccc2)N(C(=O)OC(C)(C)C)[C@@H]2C[C@H]12. The van der Waals surface area contributed by atoms with E-state index in [9.17, 15) is 9.59 Å². The molecule has 1 saturated carbocycles. The van der Waals surface area contributed by atoms with Gasteiger partial charge in [0.2, 0.25) is 0 Å². The van der Waals surface area contributed by atoms with Crippen molar-refractivity contribution >= 4 is 12.1 Å². The fourth-order valence-corrected chi connectivity index (χ4v) is 4.13. The third-order valence-corrected chi connectivity index (χ3v) is 5.31. The van der Waals surface area contributed by atoms with E-state index in [0.29, 0.717) is 12.3 Å². The third kappa shape index (κ3) is 4.37. The van der Waals surface area contributed by atoms with E-state index in [0.717, 1.165) is 19.3 Å². The molecule has 1 amide bonds. The summed E-state index contributed by atoms with van der Waals surface area (Å²) in [5.74, 6) is 0.498. The summed E-state index contributed by atoms with van der Waals surface area (Å²) in [5.41, 5.74) is 0.684. The number of methoxy groups -OCH3 is 1. The van der Waals surface area contributed by atoms with Gasteiger partial charge in [-0.15, -0.1) is 0 Å². The zero-order valence-corrected chi connectivity index (χ0v) is 16.1. The first-order valence-electron chi connectivity index (χ1n) is 9.40. The molecule has 142 valence electrons. The molecule has 0 aromatic heterocycles. The molecule has 0 unspecified atom stereocenters. The van der Waals surface area contributed by atoms with E-state index in [1.807, 2.05) is 43.9 Å². The van der Waals surface area contributed by atoms with Crippen molar-refractivity contribution in [1.82, 2.24) is 4.90 Å². The van der Waals surface area contributed by atoms with E-state index in [1.54, 1.807) is 0 Å². The predicted molar refractivity (Wildman–Crippen MR) is 98.6 cm³/mol. The minimum atomic E-state index is -0.512. The van der Waals surface area contributed by atoms with Gasteiger partial charge in [-0.3, -0.25) is 4.79 Å². The van der Waals surface area contributed by atoms with E-state index in [4.69, 9.17) is 9.47 Å². The summed E-state index contributed by atoms with van der Waals surface area (Å²) in [6, 6.07) is 10.4. The van der Waals surface area contributed by atoms with Crippen LogP contribution in [0.4, 0.5) is 4.79 Å². The largest absolute Gasteiger partial charge is 0.469 e. The van der Waals surface area contributed by atoms with Gasteiger partial charge in [0, 0.05) is 18.5 Å². The Hall–Kier alpha value is -2.04. The number of piperidine rings is 1. The number of carbonyl (C=O) groups excluding carboxylic acids is 2. The van der Waals surface area contributed by atoms with Crippen molar-refractivity contribution < 1.29 is 19.1 Å². The van der Waals surface area contributed by atoms with Crippen LogP contribution in [-0.2, 0) is 20.7 Å². The van der Waals surface area contributed by atoms with Crippen molar-refractivity contribution in [2.75, 3.05) is 7.11 Å². The zero-order chi connectivity index (χ0) is 18.9. The Kier molecular flexibility index (Phi) is 5.26. The summed E-state index contributed by atoms with van der Waals surface area (Å²) in [5, 5.41) is 0. The Bertz CT molecular complexity index is 652. The van der Waals surface area contributed by atoms with Crippen molar-refractivity contribution in [2.45, 2.75) is 64.1 Å². The number of rotatable bonds is 4. The lowest BCUT2D eigenvalue weighted by Gasteiger charge is -2.39. The molecule has 0 radical (unpaired) electrons. The van der Waals surface area contributed by atoms with Crippen LogP contribution in [0.5, 0.6) is 0 Å². The fourth-order valence-electron chi connectivity index (χ4n) is 4.13. The highest BCUT2D eigenvalue weighted by Gasteiger charge is 2.55. The van der Waals surface area contributed by atoms with Crippen molar-refractivity contribution in [2.24, 2.45) is 11.8 Å². The number of fused-ring (bicyclic) bond motifs is 1. The minimum absolute atomic E-state index is 0.0469. The van der Waals surface area contributed by atoms with Crippen molar-refractivity contribution in [3.63, 3.8) is 0 Å². The van der Waals surface area contributed by atoms with Crippen LogP contribution in [0, 0.1) is 11.8 Å². The maximum absolute atomic E-state index is 12.8. The van der Waals surface area contributed by atoms with Gasteiger partial charge in [0.15, 0.2) is 0 Å². The molecule has 2 aliphatic rings. The second-order valence-electron chi connectivity index (χ2n) is 8.47. The van der Waals surface area contributed by atoms with Gasteiger partial charge in [-0.05, 0) is 57.4 Å². The molecular formula is C21H29NO4. The lowest BCUT2D eigenvalue weighted by Crippen LogP contribution is -2.50. The van der Waals surface area contributed by atoms with Gasteiger partial charge in [0.05, 0.1) is 7.11 Å². The average Bonchev–Trinajstić information content (AvgIpc) is 3.34. The van der Waals surface area contributed by atoms with Crippen molar-refractivity contribution in [1.29, 1.82) is 0 Å². The Morgan fingerprint density at radius 2 is 1.85 bits per heavy atom. The van der Waals surface area contributed by atoms with E-state index < -0.39 is 5.60 Å². The quantitative estimate of drug-likeness (QED) is 0.767. The molecule has 1 aliphatic carbocycles. The lowest BCUT2D eigenvalue weighted by atomic mass is 9.85. The molecule has 2 fully saturated rings. The number of likely N-dealkylation sites (tertiary alicyclic amines) is 1. The minimum Gasteiger partial charge on any atom is -0.469 e. The molecule has 5 heteroatoms. The van der Waals surface area contributed by atoms with Crippen molar-refractivity contribution in [3.8, 4) is 0 Å². The van der Waals surface area contributed by atoms with Gasteiger partial charge in [0.1, 0.15) is 5.60 Å². The van der Waals surface area contributed by atoms with Gasteiger partial charge in [-0.25, -0.2) is 4.79 Å². The van der Waals surface area contributed by atoms with E-state index in [2.05, 4.69) is 12.1 Å². The molecule has 0 bridgehead atoms. The van der Waals surface area contributed by atoms with Crippen LogP contribution in [0.15, 0.2) is 30.3 Å². The van der Waals surface area contributed by atoms with E-state index in [1.165, 1.54) is 12.7 Å². The maximum Gasteiger partial charge on any atom is 0.410 e. The third-order valence-electron chi connectivity index (χ3n) is 5.31. The molecule has 0 spiro atoms. The van der Waals surface area contributed by atoms with Gasteiger partial charge in [0.25, 0.3) is 0 Å². The van der Waals surface area contributed by atoms with Crippen LogP contribution >= 0.6 is 0 Å². The number of ether oxygens (including phenoxy) is 2. The molecular weight excluding hydrogens is 330 g/mol. The normalized spacial score (nSPS) is 27.5. The van der Waals surface area contributed by atoms with Gasteiger partial charge in [-0.1, -0.05) is 30.3 Å². The Morgan fingerprint density at radius 3 is 2.46 bits per heavy atom. The second kappa shape index (κ2) is 7.29. The first-order valence-corrected chi connectivity index (χ1v) is 9.40. The number of hydrogen-bond donors (Lipinski definition) is 0. The summed E-state index contributed by atoms with van der Waals surface area (Å²) >= 11 is 0. The number of nitrogens with zero attached hydrogens (tertiary/aromatic N) is 1. The molecule has 26 heavy (non-hydrogen) atoms. The maximum atomic E-state index is 12.8. The van der Waals surface area contributed by atoms with Crippen LogP contribution < -0.4 is 0 Å². The number of amides is 1. The summed E-state index contributed by atoms with van der Waals surface area (Å²) < 4.78 is 10.5. The topological polar surface area (TPSA) is 55.8 Å². The average molecular weight is 359 g/mol.